The Kier molecular flexibility index (Phi) is 2.98. The van der Waals surface area contributed by atoms with Gasteiger partial charge < -0.3 is 10.3 Å². The molecule has 0 radical (unpaired) electrons. The fourth-order valence-electron chi connectivity index (χ4n) is 1.01. The molecule has 0 atom stereocenters. The topological polar surface area (TPSA) is 69.1 Å². The first kappa shape index (κ1) is 12.5. The third-order valence-corrected chi connectivity index (χ3v) is 2.26. The van der Waals surface area contributed by atoms with Crippen LogP contribution in [0.5, 0.6) is 0 Å². The third-order valence-electron chi connectivity index (χ3n) is 2.26. The SMILES string of the molecule is CC(C)(c1cc(CC(N)=O)on1)C(F)(F)F. The first-order valence-electron chi connectivity index (χ1n) is 4.45. The lowest BCUT2D eigenvalue weighted by atomic mass is 9.88. The van der Waals surface area contributed by atoms with Gasteiger partial charge in [-0.3, -0.25) is 4.79 Å². The molecule has 90 valence electrons. The molecule has 1 aromatic rings. The van der Waals surface area contributed by atoms with Gasteiger partial charge in [0.05, 0.1) is 12.1 Å². The van der Waals surface area contributed by atoms with Gasteiger partial charge in [-0.25, -0.2) is 0 Å². The van der Waals surface area contributed by atoms with Gasteiger partial charge in [0.1, 0.15) is 11.2 Å². The minimum atomic E-state index is -4.44. The highest BCUT2D eigenvalue weighted by Crippen LogP contribution is 2.39. The number of nitrogens with zero attached hydrogens (tertiary/aromatic N) is 1. The van der Waals surface area contributed by atoms with Crippen molar-refractivity contribution in [3.05, 3.63) is 17.5 Å². The first-order valence-corrected chi connectivity index (χ1v) is 4.45. The molecule has 4 nitrogen and oxygen atoms in total. The Morgan fingerprint density at radius 2 is 2.06 bits per heavy atom. The fraction of sp³-hybridized carbons (Fsp3) is 0.556. The van der Waals surface area contributed by atoms with Crippen LogP contribution in [0.1, 0.15) is 25.3 Å². The van der Waals surface area contributed by atoms with Gasteiger partial charge in [-0.2, -0.15) is 13.2 Å². The maximum absolute atomic E-state index is 12.6. The van der Waals surface area contributed by atoms with Crippen LogP contribution in [0.4, 0.5) is 13.2 Å². The highest BCUT2D eigenvalue weighted by atomic mass is 19.4. The van der Waals surface area contributed by atoms with E-state index in [1.165, 1.54) is 0 Å². The maximum atomic E-state index is 12.6. The second-order valence-corrected chi connectivity index (χ2v) is 3.94. The lowest BCUT2D eigenvalue weighted by molar-refractivity contribution is -0.181. The number of hydrogen-bond acceptors (Lipinski definition) is 3. The largest absolute Gasteiger partial charge is 0.399 e. The molecular weight excluding hydrogens is 225 g/mol. The first-order chi connectivity index (χ1) is 7.14. The third kappa shape index (κ3) is 2.34. The summed E-state index contributed by atoms with van der Waals surface area (Å²) in [6.45, 7) is 1.97. The highest BCUT2D eigenvalue weighted by Gasteiger charge is 2.50. The van der Waals surface area contributed by atoms with Crippen molar-refractivity contribution in [1.82, 2.24) is 5.16 Å². The molecule has 0 aliphatic rings. The summed E-state index contributed by atoms with van der Waals surface area (Å²) in [5, 5.41) is 3.30. The van der Waals surface area contributed by atoms with E-state index in [1.807, 2.05) is 0 Å². The number of primary amides is 1. The van der Waals surface area contributed by atoms with Crippen LogP contribution in [0.2, 0.25) is 0 Å². The number of hydrogen-bond donors (Lipinski definition) is 1. The standard InChI is InChI=1S/C9H11F3N2O2/c1-8(2,9(10,11)12)6-3-5(16-14-6)4-7(13)15/h3H,4H2,1-2H3,(H2,13,15). The van der Waals surface area contributed by atoms with Crippen molar-refractivity contribution >= 4 is 5.91 Å². The van der Waals surface area contributed by atoms with Crippen molar-refractivity contribution in [2.24, 2.45) is 5.73 Å². The van der Waals surface area contributed by atoms with Crippen LogP contribution in [0.15, 0.2) is 10.6 Å². The number of carbonyl (C=O) groups excluding carboxylic acids is 1. The Labute approximate surface area is 89.6 Å². The molecule has 1 rings (SSSR count). The number of nitrogens with two attached hydrogens (primary N) is 1. The molecule has 0 unspecified atom stereocenters. The molecule has 0 aliphatic carbocycles. The van der Waals surface area contributed by atoms with E-state index in [-0.39, 0.29) is 17.9 Å². The Hall–Kier alpha value is -1.53. The number of aromatic nitrogens is 1. The summed E-state index contributed by atoms with van der Waals surface area (Å²) in [5.74, 6) is -0.660. The second-order valence-electron chi connectivity index (χ2n) is 3.94. The van der Waals surface area contributed by atoms with E-state index >= 15 is 0 Å². The summed E-state index contributed by atoms with van der Waals surface area (Å²) < 4.78 is 42.5. The molecule has 2 N–H and O–H groups in total. The summed E-state index contributed by atoms with van der Waals surface area (Å²) >= 11 is 0. The average molecular weight is 236 g/mol. The minimum Gasteiger partial charge on any atom is -0.369 e. The van der Waals surface area contributed by atoms with Crippen molar-refractivity contribution in [3.8, 4) is 0 Å². The summed E-state index contributed by atoms with van der Waals surface area (Å²) in [6.07, 6.45) is -4.70. The molecule has 0 saturated heterocycles. The van der Waals surface area contributed by atoms with Crippen molar-refractivity contribution in [3.63, 3.8) is 0 Å². The van der Waals surface area contributed by atoms with Crippen LogP contribution in [-0.2, 0) is 16.6 Å². The normalized spacial score (nSPS) is 12.8. The van der Waals surface area contributed by atoms with Crippen molar-refractivity contribution in [2.45, 2.75) is 31.9 Å². The zero-order valence-corrected chi connectivity index (χ0v) is 8.76. The molecule has 1 amide bonds. The number of halogens is 3. The van der Waals surface area contributed by atoms with Gasteiger partial charge >= 0.3 is 6.18 Å². The van der Waals surface area contributed by atoms with Crippen LogP contribution < -0.4 is 5.73 Å². The molecule has 7 heteroatoms. The molecule has 0 aliphatic heterocycles. The number of alkyl halides is 3. The summed E-state index contributed by atoms with van der Waals surface area (Å²) in [5.41, 5.74) is 2.49. The summed E-state index contributed by atoms with van der Waals surface area (Å²) in [7, 11) is 0. The number of rotatable bonds is 3. The van der Waals surface area contributed by atoms with Crippen LogP contribution in [0, 0.1) is 0 Å². The molecule has 0 bridgehead atoms. The minimum absolute atomic E-state index is 0.0276. The van der Waals surface area contributed by atoms with Crippen LogP contribution in [0.25, 0.3) is 0 Å². The van der Waals surface area contributed by atoms with Gasteiger partial charge in [-0.1, -0.05) is 5.16 Å². The smallest absolute Gasteiger partial charge is 0.369 e. The second kappa shape index (κ2) is 3.80. The van der Waals surface area contributed by atoms with Gasteiger partial charge in [-0.05, 0) is 13.8 Å². The van der Waals surface area contributed by atoms with E-state index in [0.717, 1.165) is 19.9 Å². The lowest BCUT2D eigenvalue weighted by Gasteiger charge is -2.24. The predicted octanol–water partition coefficient (Wildman–Crippen LogP) is 1.54. The monoisotopic (exact) mass is 236 g/mol. The van der Waals surface area contributed by atoms with Crippen LogP contribution in [-0.4, -0.2) is 17.2 Å². The molecule has 0 fully saturated rings. The molecule has 1 aromatic heterocycles. The Balaban J connectivity index is 2.98. The van der Waals surface area contributed by atoms with Gasteiger partial charge in [0.15, 0.2) is 0 Å². The van der Waals surface area contributed by atoms with Gasteiger partial charge in [0, 0.05) is 6.07 Å². The molecule has 0 aromatic carbocycles. The molecule has 0 saturated carbocycles. The van der Waals surface area contributed by atoms with E-state index in [1.54, 1.807) is 0 Å². The molecule has 16 heavy (non-hydrogen) atoms. The van der Waals surface area contributed by atoms with E-state index in [4.69, 9.17) is 5.73 Å². The molecule has 1 heterocycles. The van der Waals surface area contributed by atoms with Crippen LogP contribution in [0.3, 0.4) is 0 Å². The lowest BCUT2D eigenvalue weighted by Crippen LogP contribution is -2.36. The van der Waals surface area contributed by atoms with Crippen LogP contribution >= 0.6 is 0 Å². The fourth-order valence-corrected chi connectivity index (χ4v) is 1.01. The summed E-state index contributed by atoms with van der Waals surface area (Å²) in [6, 6.07) is 1.10. The zero-order valence-electron chi connectivity index (χ0n) is 8.76. The van der Waals surface area contributed by atoms with Crippen molar-refractivity contribution in [1.29, 1.82) is 0 Å². The van der Waals surface area contributed by atoms with Gasteiger partial charge in [-0.15, -0.1) is 0 Å². The van der Waals surface area contributed by atoms with E-state index < -0.39 is 17.5 Å². The average Bonchev–Trinajstić information content (AvgIpc) is 2.49. The van der Waals surface area contributed by atoms with E-state index in [2.05, 4.69) is 9.68 Å². The maximum Gasteiger partial charge on any atom is 0.399 e. The quantitative estimate of drug-likeness (QED) is 0.865. The van der Waals surface area contributed by atoms with Crippen molar-refractivity contribution in [2.75, 3.05) is 0 Å². The molecule has 0 spiro atoms. The zero-order chi connectivity index (χ0) is 12.6. The number of carbonyl (C=O) groups is 1. The predicted molar refractivity (Wildman–Crippen MR) is 48.5 cm³/mol. The van der Waals surface area contributed by atoms with Gasteiger partial charge in [0.25, 0.3) is 0 Å². The van der Waals surface area contributed by atoms with E-state index in [9.17, 15) is 18.0 Å². The highest BCUT2D eigenvalue weighted by molar-refractivity contribution is 5.75. The summed E-state index contributed by atoms with van der Waals surface area (Å²) in [4.78, 5) is 10.5. The Morgan fingerprint density at radius 1 is 1.50 bits per heavy atom. The Bertz CT molecular complexity index is 396. The molecular formula is C9H11F3N2O2. The number of amides is 1. The van der Waals surface area contributed by atoms with Crippen molar-refractivity contribution < 1.29 is 22.5 Å². The van der Waals surface area contributed by atoms with Gasteiger partial charge in [0.2, 0.25) is 5.91 Å². The van der Waals surface area contributed by atoms with E-state index in [0.29, 0.717) is 0 Å². The Morgan fingerprint density at radius 3 is 2.50 bits per heavy atom.